The number of fused-ring (bicyclic) bond motifs is 7. The average molecular weight is 1200 g/mol. The first kappa shape index (κ1) is 77.0. The van der Waals surface area contributed by atoms with Crippen molar-refractivity contribution in [3.8, 4) is 23.0 Å². The van der Waals surface area contributed by atoms with E-state index in [0.717, 1.165) is 42.3 Å². The summed E-state index contributed by atoms with van der Waals surface area (Å²) < 4.78 is 20.1. The molecule has 0 N–H and O–H groups in total. The van der Waals surface area contributed by atoms with E-state index < -0.39 is 0 Å². The van der Waals surface area contributed by atoms with E-state index in [4.69, 9.17) is 18.9 Å². The molecule has 4 nitrogen and oxygen atoms in total. The Balaban J connectivity index is 0.000000360. The number of aryl methyl sites for hydroxylation is 3. The molecule has 0 aliphatic heterocycles. The Hall–Kier alpha value is -9.12. The van der Waals surface area contributed by atoms with E-state index in [2.05, 4.69) is 203 Å². The monoisotopic (exact) mass is 1200 g/mol. The van der Waals surface area contributed by atoms with Gasteiger partial charge >= 0.3 is 0 Å². The first-order valence-electron chi connectivity index (χ1n) is 32.9. The second-order valence-corrected chi connectivity index (χ2v) is 18.5. The maximum absolute atomic E-state index is 5.12. The zero-order valence-electron chi connectivity index (χ0n) is 58.1. The lowest BCUT2D eigenvalue weighted by Crippen LogP contribution is -1.88. The first-order valence-corrected chi connectivity index (χ1v) is 32.9. The Bertz CT molecular complexity index is 3530. The highest BCUT2D eigenvalue weighted by molar-refractivity contribution is 6.04. The third kappa shape index (κ3) is 22.5. The van der Waals surface area contributed by atoms with Crippen LogP contribution in [0.2, 0.25) is 0 Å². The molecule has 0 saturated heterocycles. The van der Waals surface area contributed by atoms with Gasteiger partial charge in [-0.15, -0.1) is 0 Å². The van der Waals surface area contributed by atoms with Crippen LogP contribution in [0.4, 0.5) is 0 Å². The molecule has 0 radical (unpaired) electrons. The number of benzene rings is 13. The fourth-order valence-corrected chi connectivity index (χ4v) is 10.1. The minimum Gasteiger partial charge on any atom is -0.497 e. The van der Waals surface area contributed by atoms with Crippen molar-refractivity contribution in [3.63, 3.8) is 0 Å². The number of para-hydroxylation sites is 3. The van der Waals surface area contributed by atoms with E-state index in [1.54, 1.807) is 28.4 Å². The van der Waals surface area contributed by atoms with Crippen LogP contribution in [0, 0.1) is 0 Å². The zero-order chi connectivity index (χ0) is 66.5. The summed E-state index contributed by atoms with van der Waals surface area (Å²) in [4.78, 5) is 0. The van der Waals surface area contributed by atoms with Crippen LogP contribution >= 0.6 is 0 Å². The van der Waals surface area contributed by atoms with Crippen molar-refractivity contribution in [1.82, 2.24) is 0 Å². The van der Waals surface area contributed by atoms with Gasteiger partial charge in [-0.3, -0.25) is 0 Å². The Morgan fingerprint density at radius 2 is 0.433 bits per heavy atom. The van der Waals surface area contributed by atoms with Crippen molar-refractivity contribution >= 4 is 75.4 Å². The van der Waals surface area contributed by atoms with E-state index in [-0.39, 0.29) is 0 Å². The molecule has 0 aliphatic rings. The zero-order valence-corrected chi connectivity index (χ0v) is 58.1. The largest absolute Gasteiger partial charge is 0.497 e. The van der Waals surface area contributed by atoms with Gasteiger partial charge in [0, 0.05) is 0 Å². The van der Waals surface area contributed by atoms with Crippen LogP contribution in [0.3, 0.4) is 0 Å². The fraction of sp³-hybridized carbons (Fsp3) is 0.256. The van der Waals surface area contributed by atoms with Crippen LogP contribution in [0.5, 0.6) is 23.0 Å². The highest BCUT2D eigenvalue weighted by atomic mass is 16.5. The van der Waals surface area contributed by atoms with Gasteiger partial charge in [-0.25, -0.2) is 0 Å². The summed E-state index contributed by atoms with van der Waals surface area (Å²) in [5, 5.41) is 18.9. The Morgan fingerprint density at radius 3 is 0.678 bits per heavy atom. The maximum Gasteiger partial charge on any atom is 0.160 e. The summed E-state index contributed by atoms with van der Waals surface area (Å²) in [7, 11) is 6.59. The van der Waals surface area contributed by atoms with Crippen molar-refractivity contribution in [2.24, 2.45) is 0 Å². The average Bonchev–Trinajstić information content (AvgIpc) is 1.01. The predicted molar refractivity (Wildman–Crippen MR) is 404 cm³/mol. The summed E-state index contributed by atoms with van der Waals surface area (Å²) in [5.74, 6) is 3.36. The van der Waals surface area contributed by atoms with E-state index >= 15 is 0 Å². The molecule has 0 spiro atoms. The molecule has 0 saturated carbocycles. The SMILES string of the molecule is CC.CC.CC.CC.CC.CC.CCc1c2ccccc2cc2ccccc12.CCc1c2ccccc2cc2ccccc12.CCc1c2ccccc2cc2ccccc12.COc1ccc2ccccc2c1.COc1ccccc1.COc1ccccc1OC. The van der Waals surface area contributed by atoms with Gasteiger partial charge in [0.25, 0.3) is 0 Å². The summed E-state index contributed by atoms with van der Waals surface area (Å²) >= 11 is 0. The predicted octanol–water partition coefficient (Wildman–Crippen LogP) is 26.1. The molecule has 474 valence electrons. The van der Waals surface area contributed by atoms with Gasteiger partial charge < -0.3 is 18.9 Å². The minimum atomic E-state index is 0.769. The van der Waals surface area contributed by atoms with E-state index in [1.165, 1.54) is 92.1 Å². The number of hydrogen-bond acceptors (Lipinski definition) is 4. The quantitative estimate of drug-likeness (QED) is 0.149. The van der Waals surface area contributed by atoms with Crippen molar-refractivity contribution < 1.29 is 18.9 Å². The molecule has 0 amide bonds. The van der Waals surface area contributed by atoms with Gasteiger partial charge in [0.2, 0.25) is 0 Å². The lowest BCUT2D eigenvalue weighted by Gasteiger charge is -2.09. The Morgan fingerprint density at radius 1 is 0.200 bits per heavy atom. The van der Waals surface area contributed by atoms with Gasteiger partial charge in [0.1, 0.15) is 11.5 Å². The van der Waals surface area contributed by atoms with Crippen LogP contribution in [-0.4, -0.2) is 28.4 Å². The first-order chi connectivity index (χ1) is 44.4. The van der Waals surface area contributed by atoms with Crippen LogP contribution in [0.15, 0.2) is 261 Å². The van der Waals surface area contributed by atoms with Gasteiger partial charge in [-0.2, -0.15) is 0 Å². The van der Waals surface area contributed by atoms with Gasteiger partial charge in [-0.1, -0.05) is 310 Å². The number of methoxy groups -OCH3 is 4. The lowest BCUT2D eigenvalue weighted by molar-refractivity contribution is 0.355. The van der Waals surface area contributed by atoms with Crippen molar-refractivity contribution in [1.29, 1.82) is 0 Å². The highest BCUT2D eigenvalue weighted by Crippen LogP contribution is 2.32. The molecule has 13 rings (SSSR count). The second-order valence-electron chi connectivity index (χ2n) is 18.5. The van der Waals surface area contributed by atoms with E-state index in [1.807, 2.05) is 162 Å². The molecule has 13 aromatic carbocycles. The standard InChI is InChI=1S/3C16H14.C11H10O.C8H10O2.C7H8O.6C2H6/c3*1-2-14-15-9-5-3-7-12(15)11-13-8-4-6-10-16(13)14;1-12-11-7-6-9-4-2-3-5-10(9)8-11;1-9-7-5-3-4-6-8(7)10-2;1-8-7-5-3-2-4-6-7;6*1-2/h3*3-11H,2H2,1H3;2-8H,1H3;3-6H,1-2H3;2-6H,1H3;6*1-2H3. The van der Waals surface area contributed by atoms with Crippen LogP contribution < -0.4 is 18.9 Å². The maximum atomic E-state index is 5.12. The molecule has 0 aliphatic carbocycles. The molecular weight excluding hydrogens is 1100 g/mol. The molecule has 0 heterocycles. The topological polar surface area (TPSA) is 36.9 Å². The van der Waals surface area contributed by atoms with Crippen LogP contribution in [0.25, 0.3) is 75.4 Å². The van der Waals surface area contributed by atoms with Crippen molar-refractivity contribution in [2.75, 3.05) is 28.4 Å². The molecule has 4 heteroatoms. The van der Waals surface area contributed by atoms with E-state index in [9.17, 15) is 0 Å². The Kier molecular flexibility index (Phi) is 39.4. The summed E-state index contributed by atoms with van der Waals surface area (Å²) in [5.41, 5.74) is 4.40. The third-order valence-electron chi connectivity index (χ3n) is 13.9. The lowest BCUT2D eigenvalue weighted by atomic mass is 9.95. The molecular formula is C86H106O4. The molecule has 0 atom stereocenters. The number of hydrogen-bond donors (Lipinski definition) is 0. The van der Waals surface area contributed by atoms with Gasteiger partial charge in [0.05, 0.1) is 28.4 Å². The highest BCUT2D eigenvalue weighted by Gasteiger charge is 2.07. The van der Waals surface area contributed by atoms with Crippen LogP contribution in [0.1, 0.15) is 121 Å². The van der Waals surface area contributed by atoms with E-state index in [0.29, 0.717) is 0 Å². The molecule has 0 fully saturated rings. The summed E-state index contributed by atoms with van der Waals surface area (Å²) in [6, 6.07) is 90.3. The molecule has 0 bridgehead atoms. The molecule has 0 unspecified atom stereocenters. The Labute approximate surface area is 543 Å². The molecule has 13 aromatic rings. The number of ether oxygens (including phenoxy) is 4. The fourth-order valence-electron chi connectivity index (χ4n) is 10.1. The smallest absolute Gasteiger partial charge is 0.160 e. The minimum absolute atomic E-state index is 0.769. The summed E-state index contributed by atoms with van der Waals surface area (Å²) in [6.07, 6.45) is 3.26. The van der Waals surface area contributed by atoms with Crippen molar-refractivity contribution in [3.05, 3.63) is 278 Å². The summed E-state index contributed by atoms with van der Waals surface area (Å²) in [6.45, 7) is 30.7. The molecule has 90 heavy (non-hydrogen) atoms. The molecule has 0 aromatic heterocycles. The number of rotatable bonds is 7. The van der Waals surface area contributed by atoms with Crippen LogP contribution in [-0.2, 0) is 19.3 Å². The second kappa shape index (κ2) is 46.1. The normalized spacial score (nSPS) is 9.41. The van der Waals surface area contributed by atoms with Gasteiger partial charge in [-0.05, 0) is 166 Å². The van der Waals surface area contributed by atoms with Crippen molar-refractivity contribution in [2.45, 2.75) is 123 Å². The van der Waals surface area contributed by atoms with Gasteiger partial charge in [0.15, 0.2) is 11.5 Å². The third-order valence-corrected chi connectivity index (χ3v) is 13.9.